The van der Waals surface area contributed by atoms with Gasteiger partial charge in [-0.15, -0.1) is 24.0 Å². The van der Waals surface area contributed by atoms with E-state index in [-0.39, 0.29) is 24.0 Å². The second kappa shape index (κ2) is 12.0. The summed E-state index contributed by atoms with van der Waals surface area (Å²) in [4.78, 5) is 11.7. The van der Waals surface area contributed by atoms with E-state index in [0.717, 1.165) is 43.5 Å². The molecule has 29 heavy (non-hydrogen) atoms. The summed E-state index contributed by atoms with van der Waals surface area (Å²) < 4.78 is 0. The van der Waals surface area contributed by atoms with Gasteiger partial charge in [0.25, 0.3) is 0 Å². The third-order valence-corrected chi connectivity index (χ3v) is 5.19. The van der Waals surface area contributed by atoms with Gasteiger partial charge < -0.3 is 15.5 Å². The molecule has 3 rings (SSSR count). The molecule has 1 aromatic heterocycles. The predicted octanol–water partition coefficient (Wildman–Crippen LogP) is 4.47. The number of guanidine groups is 1. The summed E-state index contributed by atoms with van der Waals surface area (Å²) in [5.41, 5.74) is 3.78. The molecule has 0 aliphatic carbocycles. The van der Waals surface area contributed by atoms with Gasteiger partial charge in [-0.3, -0.25) is 0 Å². The number of nitrogens with zero attached hydrogens (tertiary/aromatic N) is 3. The van der Waals surface area contributed by atoms with Gasteiger partial charge in [0.05, 0.1) is 6.54 Å². The fraction of sp³-hybridized carbons (Fsp3) is 0.478. The summed E-state index contributed by atoms with van der Waals surface area (Å²) >= 11 is 0. The van der Waals surface area contributed by atoms with Crippen molar-refractivity contribution in [1.29, 1.82) is 0 Å². The fourth-order valence-corrected chi connectivity index (χ4v) is 3.50. The van der Waals surface area contributed by atoms with Gasteiger partial charge in [-0.25, -0.2) is 9.98 Å². The molecule has 1 saturated heterocycles. The molecular weight excluding hydrogens is 473 g/mol. The van der Waals surface area contributed by atoms with E-state index in [4.69, 9.17) is 4.99 Å². The van der Waals surface area contributed by atoms with E-state index in [0.29, 0.717) is 12.5 Å². The normalized spacial score (nSPS) is 15.0. The van der Waals surface area contributed by atoms with E-state index in [1.807, 2.05) is 6.20 Å². The third kappa shape index (κ3) is 7.17. The first kappa shape index (κ1) is 23.4. The highest BCUT2D eigenvalue weighted by Gasteiger charge is 2.13. The standard InChI is InChI=1S/C23H33N5.HI/c1-4-24-23(26-15-19(3)21-9-7-8-18(2)14-21)27-17-20-10-11-22(25-16-20)28-12-5-6-13-28;/h7-11,14,16,19H,4-6,12-13,15,17H2,1-3H3,(H2,24,26,27);1H. The maximum atomic E-state index is 4.73. The molecule has 1 aliphatic rings. The summed E-state index contributed by atoms with van der Waals surface area (Å²) in [6, 6.07) is 13.0. The average molecular weight is 507 g/mol. The van der Waals surface area contributed by atoms with Crippen molar-refractivity contribution in [3.63, 3.8) is 0 Å². The van der Waals surface area contributed by atoms with Crippen molar-refractivity contribution >= 4 is 35.8 Å². The van der Waals surface area contributed by atoms with Crippen molar-refractivity contribution < 1.29 is 0 Å². The zero-order chi connectivity index (χ0) is 19.8. The minimum atomic E-state index is 0. The molecule has 1 aliphatic heterocycles. The van der Waals surface area contributed by atoms with Crippen LogP contribution in [-0.2, 0) is 6.54 Å². The Hall–Kier alpha value is -1.83. The number of pyridine rings is 1. The molecule has 0 saturated carbocycles. The number of rotatable bonds is 7. The van der Waals surface area contributed by atoms with E-state index >= 15 is 0 Å². The fourth-order valence-electron chi connectivity index (χ4n) is 3.50. The maximum Gasteiger partial charge on any atom is 0.191 e. The van der Waals surface area contributed by atoms with Crippen LogP contribution in [0.4, 0.5) is 5.82 Å². The van der Waals surface area contributed by atoms with Crippen LogP contribution >= 0.6 is 24.0 Å². The number of nitrogens with one attached hydrogen (secondary N) is 2. The molecule has 0 amide bonds. The SMILES string of the molecule is CCNC(=NCc1ccc(N2CCCC2)nc1)NCC(C)c1cccc(C)c1.I. The molecule has 1 fully saturated rings. The number of halogens is 1. The van der Waals surface area contributed by atoms with Crippen molar-refractivity contribution in [3.8, 4) is 0 Å². The second-order valence-electron chi connectivity index (χ2n) is 7.61. The van der Waals surface area contributed by atoms with Gasteiger partial charge in [0, 0.05) is 32.4 Å². The number of hydrogen-bond acceptors (Lipinski definition) is 3. The second-order valence-corrected chi connectivity index (χ2v) is 7.61. The van der Waals surface area contributed by atoms with Gasteiger partial charge in [0.1, 0.15) is 5.82 Å². The summed E-state index contributed by atoms with van der Waals surface area (Å²) in [6.07, 6.45) is 4.49. The molecule has 1 atom stereocenters. The number of benzene rings is 1. The summed E-state index contributed by atoms with van der Waals surface area (Å²) in [5, 5.41) is 6.81. The Morgan fingerprint density at radius 2 is 1.97 bits per heavy atom. The van der Waals surface area contributed by atoms with Crippen molar-refractivity contribution in [3.05, 3.63) is 59.3 Å². The van der Waals surface area contributed by atoms with Crippen molar-refractivity contribution in [2.45, 2.75) is 46.1 Å². The summed E-state index contributed by atoms with van der Waals surface area (Å²) in [6.45, 7) is 11.0. The first-order chi connectivity index (χ1) is 13.7. The highest BCUT2D eigenvalue weighted by molar-refractivity contribution is 14.0. The molecule has 2 heterocycles. The first-order valence-electron chi connectivity index (χ1n) is 10.4. The molecule has 0 radical (unpaired) electrons. The van der Waals surface area contributed by atoms with Gasteiger partial charge in [0.15, 0.2) is 5.96 Å². The number of anilines is 1. The molecule has 0 spiro atoms. The third-order valence-electron chi connectivity index (χ3n) is 5.19. The van der Waals surface area contributed by atoms with Crippen LogP contribution in [0.5, 0.6) is 0 Å². The smallest absolute Gasteiger partial charge is 0.191 e. The van der Waals surface area contributed by atoms with Crippen LogP contribution in [0.3, 0.4) is 0 Å². The van der Waals surface area contributed by atoms with Crippen LogP contribution in [0.2, 0.25) is 0 Å². The molecule has 1 unspecified atom stereocenters. The zero-order valence-corrected chi connectivity index (χ0v) is 20.1. The Bertz CT molecular complexity index is 769. The van der Waals surface area contributed by atoms with Gasteiger partial charge in [0.2, 0.25) is 0 Å². The van der Waals surface area contributed by atoms with Crippen molar-refractivity contribution in [2.24, 2.45) is 4.99 Å². The van der Waals surface area contributed by atoms with E-state index in [1.165, 1.54) is 24.0 Å². The first-order valence-corrected chi connectivity index (χ1v) is 10.4. The van der Waals surface area contributed by atoms with E-state index in [9.17, 15) is 0 Å². The molecule has 2 N–H and O–H groups in total. The van der Waals surface area contributed by atoms with Crippen molar-refractivity contribution in [2.75, 3.05) is 31.1 Å². The molecule has 5 nitrogen and oxygen atoms in total. The quantitative estimate of drug-likeness (QED) is 0.330. The van der Waals surface area contributed by atoms with Crippen molar-refractivity contribution in [1.82, 2.24) is 15.6 Å². The van der Waals surface area contributed by atoms with E-state index < -0.39 is 0 Å². The Morgan fingerprint density at radius 3 is 2.62 bits per heavy atom. The van der Waals surface area contributed by atoms with Crippen LogP contribution in [0.25, 0.3) is 0 Å². The van der Waals surface area contributed by atoms with Gasteiger partial charge >= 0.3 is 0 Å². The lowest BCUT2D eigenvalue weighted by atomic mass is 9.99. The summed E-state index contributed by atoms with van der Waals surface area (Å²) in [5.74, 6) is 2.36. The highest BCUT2D eigenvalue weighted by atomic mass is 127. The lowest BCUT2D eigenvalue weighted by molar-refractivity contribution is 0.699. The predicted molar refractivity (Wildman–Crippen MR) is 134 cm³/mol. The average Bonchev–Trinajstić information content (AvgIpc) is 3.25. The molecule has 6 heteroatoms. The molecule has 2 aromatic rings. The number of aryl methyl sites for hydroxylation is 1. The number of aliphatic imine (C=N–C) groups is 1. The number of hydrogen-bond donors (Lipinski definition) is 2. The maximum absolute atomic E-state index is 4.73. The van der Waals surface area contributed by atoms with Crippen LogP contribution in [0.1, 0.15) is 49.3 Å². The van der Waals surface area contributed by atoms with E-state index in [2.05, 4.69) is 77.7 Å². The Kier molecular flexibility index (Phi) is 9.70. The number of aromatic nitrogens is 1. The highest BCUT2D eigenvalue weighted by Crippen LogP contribution is 2.18. The van der Waals surface area contributed by atoms with Gasteiger partial charge in [-0.05, 0) is 49.8 Å². The summed E-state index contributed by atoms with van der Waals surface area (Å²) in [7, 11) is 0. The van der Waals surface area contributed by atoms with Crippen LogP contribution in [0.15, 0.2) is 47.6 Å². The van der Waals surface area contributed by atoms with Crippen LogP contribution in [-0.4, -0.2) is 37.1 Å². The Labute approximate surface area is 192 Å². The van der Waals surface area contributed by atoms with Crippen LogP contribution < -0.4 is 15.5 Å². The molecule has 1 aromatic carbocycles. The minimum absolute atomic E-state index is 0. The van der Waals surface area contributed by atoms with Gasteiger partial charge in [-0.1, -0.05) is 42.8 Å². The van der Waals surface area contributed by atoms with E-state index in [1.54, 1.807) is 0 Å². The monoisotopic (exact) mass is 507 g/mol. The largest absolute Gasteiger partial charge is 0.357 e. The lowest BCUT2D eigenvalue weighted by Crippen LogP contribution is -2.39. The zero-order valence-electron chi connectivity index (χ0n) is 17.8. The molecule has 0 bridgehead atoms. The molecular formula is C23H34IN5. The molecule has 158 valence electrons. The lowest BCUT2D eigenvalue weighted by Gasteiger charge is -2.17. The topological polar surface area (TPSA) is 52.6 Å². The Balaban J connectivity index is 0.00000300. The van der Waals surface area contributed by atoms with Gasteiger partial charge in [-0.2, -0.15) is 0 Å². The van der Waals surface area contributed by atoms with Crippen LogP contribution in [0, 0.1) is 6.92 Å². The Morgan fingerprint density at radius 1 is 1.17 bits per heavy atom. The minimum Gasteiger partial charge on any atom is -0.357 e.